The number of ether oxygens (including phenoxy) is 1. The molecule has 1 N–H and O–H groups in total. The van der Waals surface area contributed by atoms with Crippen molar-refractivity contribution in [3.63, 3.8) is 0 Å². The van der Waals surface area contributed by atoms with Crippen LogP contribution in [0, 0.1) is 0 Å². The number of hydrogen-bond acceptors (Lipinski definition) is 5. The summed E-state index contributed by atoms with van der Waals surface area (Å²) < 4.78 is 5.70. The second-order valence-electron chi connectivity index (χ2n) is 4.46. The Morgan fingerprint density at radius 3 is 3.24 bits per heavy atom. The molecule has 0 bridgehead atoms. The Morgan fingerprint density at radius 2 is 2.53 bits per heavy atom. The van der Waals surface area contributed by atoms with E-state index in [4.69, 9.17) is 4.74 Å². The van der Waals surface area contributed by atoms with Crippen LogP contribution < -0.4 is 5.32 Å². The maximum absolute atomic E-state index is 5.70. The Hall–Kier alpha value is -0.490. The van der Waals surface area contributed by atoms with Crippen LogP contribution in [0.2, 0.25) is 0 Å². The molecule has 1 aliphatic heterocycles. The van der Waals surface area contributed by atoms with Crippen molar-refractivity contribution in [3.8, 4) is 0 Å². The van der Waals surface area contributed by atoms with Crippen molar-refractivity contribution >= 4 is 11.3 Å². The Balaban J connectivity index is 1.68. The molecule has 1 aromatic heterocycles. The van der Waals surface area contributed by atoms with Gasteiger partial charge in [0.15, 0.2) is 0 Å². The van der Waals surface area contributed by atoms with E-state index in [1.54, 1.807) is 11.3 Å². The van der Waals surface area contributed by atoms with E-state index in [-0.39, 0.29) is 0 Å². The molecule has 17 heavy (non-hydrogen) atoms. The van der Waals surface area contributed by atoms with Crippen LogP contribution in [0.25, 0.3) is 0 Å². The zero-order valence-electron chi connectivity index (χ0n) is 10.6. The van der Waals surface area contributed by atoms with Gasteiger partial charge in [0.05, 0.1) is 17.7 Å². The highest BCUT2D eigenvalue weighted by Crippen LogP contribution is 2.12. The maximum atomic E-state index is 5.70. The minimum atomic E-state index is 0.326. The monoisotopic (exact) mass is 255 g/mol. The molecule has 1 saturated heterocycles. The third-order valence-corrected chi connectivity index (χ3v) is 4.06. The lowest BCUT2D eigenvalue weighted by atomic mass is 10.3. The van der Waals surface area contributed by atoms with Gasteiger partial charge in [0.25, 0.3) is 0 Å². The molecule has 0 spiro atoms. The number of likely N-dealkylation sites (N-methyl/N-ethyl adjacent to an activating group) is 1. The van der Waals surface area contributed by atoms with Gasteiger partial charge in [0.2, 0.25) is 0 Å². The van der Waals surface area contributed by atoms with Crippen molar-refractivity contribution in [1.29, 1.82) is 0 Å². The SMILES string of the molecule is CCc1ncc(CNCC2CN(C)CCO2)s1. The van der Waals surface area contributed by atoms with Crippen molar-refractivity contribution in [1.82, 2.24) is 15.2 Å². The van der Waals surface area contributed by atoms with Crippen LogP contribution in [0.4, 0.5) is 0 Å². The normalized spacial score (nSPS) is 21.9. The lowest BCUT2D eigenvalue weighted by Crippen LogP contribution is -2.44. The van der Waals surface area contributed by atoms with Crippen molar-refractivity contribution in [3.05, 3.63) is 16.1 Å². The summed E-state index contributed by atoms with van der Waals surface area (Å²) in [6.07, 6.45) is 3.33. The van der Waals surface area contributed by atoms with Gasteiger partial charge >= 0.3 is 0 Å². The Kier molecular flexibility index (Phi) is 4.91. The van der Waals surface area contributed by atoms with E-state index in [0.717, 1.165) is 39.2 Å². The van der Waals surface area contributed by atoms with E-state index in [1.807, 2.05) is 6.20 Å². The zero-order chi connectivity index (χ0) is 12.1. The summed E-state index contributed by atoms with van der Waals surface area (Å²) in [5.41, 5.74) is 0. The van der Waals surface area contributed by atoms with E-state index in [9.17, 15) is 0 Å². The predicted molar refractivity (Wildman–Crippen MR) is 70.4 cm³/mol. The van der Waals surface area contributed by atoms with Crippen LogP contribution in [-0.4, -0.2) is 49.3 Å². The fourth-order valence-corrected chi connectivity index (χ4v) is 2.77. The third-order valence-electron chi connectivity index (χ3n) is 2.92. The van der Waals surface area contributed by atoms with Crippen LogP contribution in [0.3, 0.4) is 0 Å². The number of morpholine rings is 1. The van der Waals surface area contributed by atoms with Gasteiger partial charge in [-0.1, -0.05) is 6.92 Å². The zero-order valence-corrected chi connectivity index (χ0v) is 11.4. The van der Waals surface area contributed by atoms with Gasteiger partial charge in [-0.15, -0.1) is 11.3 Å². The van der Waals surface area contributed by atoms with E-state index in [2.05, 4.69) is 29.2 Å². The topological polar surface area (TPSA) is 37.4 Å². The van der Waals surface area contributed by atoms with E-state index >= 15 is 0 Å². The molecule has 1 unspecified atom stereocenters. The lowest BCUT2D eigenvalue weighted by molar-refractivity contribution is -0.0181. The van der Waals surface area contributed by atoms with Crippen molar-refractivity contribution in [2.45, 2.75) is 26.0 Å². The molecule has 1 atom stereocenters. The first-order valence-corrected chi connectivity index (χ1v) is 7.04. The smallest absolute Gasteiger partial charge is 0.0925 e. The van der Waals surface area contributed by atoms with Gasteiger partial charge in [-0.3, -0.25) is 0 Å². The van der Waals surface area contributed by atoms with Crippen molar-refractivity contribution in [2.24, 2.45) is 0 Å². The number of nitrogens with one attached hydrogen (secondary N) is 1. The first-order valence-electron chi connectivity index (χ1n) is 6.22. The van der Waals surface area contributed by atoms with Gasteiger partial charge in [-0.2, -0.15) is 0 Å². The molecule has 1 aliphatic rings. The molecule has 4 nitrogen and oxygen atoms in total. The average molecular weight is 255 g/mol. The van der Waals surface area contributed by atoms with Crippen LogP contribution in [0.5, 0.6) is 0 Å². The predicted octanol–water partition coefficient (Wildman–Crippen LogP) is 1.13. The molecule has 0 aliphatic carbocycles. The Labute approximate surface area is 107 Å². The third kappa shape index (κ3) is 4.03. The van der Waals surface area contributed by atoms with Crippen LogP contribution in [-0.2, 0) is 17.7 Å². The molecular formula is C12H21N3OS. The summed E-state index contributed by atoms with van der Waals surface area (Å²) in [6, 6.07) is 0. The van der Waals surface area contributed by atoms with E-state index in [0.29, 0.717) is 6.10 Å². The minimum Gasteiger partial charge on any atom is -0.374 e. The first kappa shape index (κ1) is 13.0. The molecule has 5 heteroatoms. The minimum absolute atomic E-state index is 0.326. The van der Waals surface area contributed by atoms with E-state index in [1.165, 1.54) is 9.88 Å². The molecular weight excluding hydrogens is 234 g/mol. The second kappa shape index (κ2) is 6.44. The van der Waals surface area contributed by atoms with Crippen molar-refractivity contribution in [2.75, 3.05) is 33.3 Å². The summed E-state index contributed by atoms with van der Waals surface area (Å²) in [5, 5.41) is 4.67. The Morgan fingerprint density at radius 1 is 1.65 bits per heavy atom. The fraction of sp³-hybridized carbons (Fsp3) is 0.750. The summed E-state index contributed by atoms with van der Waals surface area (Å²) in [7, 11) is 2.15. The largest absolute Gasteiger partial charge is 0.374 e. The molecule has 0 radical (unpaired) electrons. The van der Waals surface area contributed by atoms with Crippen molar-refractivity contribution < 1.29 is 4.74 Å². The summed E-state index contributed by atoms with van der Waals surface area (Å²) in [4.78, 5) is 7.98. The van der Waals surface area contributed by atoms with Crippen LogP contribution >= 0.6 is 11.3 Å². The average Bonchev–Trinajstić information content (AvgIpc) is 2.77. The maximum Gasteiger partial charge on any atom is 0.0925 e. The van der Waals surface area contributed by atoms with Gasteiger partial charge in [-0.25, -0.2) is 4.98 Å². The summed E-state index contributed by atoms with van der Waals surface area (Å²) in [5.74, 6) is 0. The van der Waals surface area contributed by atoms with Crippen LogP contribution in [0.15, 0.2) is 6.20 Å². The number of aromatic nitrogens is 1. The highest BCUT2D eigenvalue weighted by Gasteiger charge is 2.16. The highest BCUT2D eigenvalue weighted by atomic mass is 32.1. The number of hydrogen-bond donors (Lipinski definition) is 1. The van der Waals surface area contributed by atoms with Gasteiger partial charge in [-0.05, 0) is 13.5 Å². The second-order valence-corrected chi connectivity index (χ2v) is 5.66. The standard InChI is InChI=1S/C12H21N3OS/c1-3-12-14-8-11(17-12)7-13-6-10-9-15(2)4-5-16-10/h8,10,13H,3-7,9H2,1-2H3. The van der Waals surface area contributed by atoms with E-state index < -0.39 is 0 Å². The highest BCUT2D eigenvalue weighted by molar-refractivity contribution is 7.11. The quantitative estimate of drug-likeness (QED) is 0.856. The molecule has 0 saturated carbocycles. The Bertz CT molecular complexity index is 342. The molecule has 1 fully saturated rings. The number of nitrogens with zero attached hydrogens (tertiary/aromatic N) is 2. The molecule has 96 valence electrons. The molecule has 1 aromatic rings. The number of rotatable bonds is 5. The van der Waals surface area contributed by atoms with Gasteiger partial charge in [0.1, 0.15) is 0 Å². The van der Waals surface area contributed by atoms with Gasteiger partial charge < -0.3 is 15.0 Å². The van der Waals surface area contributed by atoms with Gasteiger partial charge in [0, 0.05) is 37.3 Å². The first-order chi connectivity index (χ1) is 8.28. The lowest BCUT2D eigenvalue weighted by Gasteiger charge is -2.30. The summed E-state index contributed by atoms with van der Waals surface area (Å²) >= 11 is 1.80. The fourth-order valence-electron chi connectivity index (χ4n) is 1.94. The molecule has 0 amide bonds. The molecule has 0 aromatic carbocycles. The molecule has 2 rings (SSSR count). The number of thiazole rings is 1. The molecule has 2 heterocycles. The number of aryl methyl sites for hydroxylation is 1. The summed E-state index contributed by atoms with van der Waals surface area (Å²) in [6.45, 7) is 6.89. The van der Waals surface area contributed by atoms with Crippen LogP contribution in [0.1, 0.15) is 16.8 Å².